The molecule has 2 aliphatic heterocycles. The largest absolute Gasteiger partial charge is 0.459 e. The Morgan fingerprint density at radius 3 is 1.83 bits per heavy atom. The molecule has 356 valence electrons. The maximum Gasteiger partial charge on any atom is 0.320 e. The van der Waals surface area contributed by atoms with Crippen LogP contribution in [0.15, 0.2) is 4.36 Å². The number of carbonyl (C=O) groups excluding carboxylic acids is 1. The van der Waals surface area contributed by atoms with E-state index in [1.807, 2.05) is 20.8 Å². The first-order valence-electron chi connectivity index (χ1n) is 24.0. The van der Waals surface area contributed by atoms with Gasteiger partial charge in [-0.05, 0) is 65.5 Å². The Labute approximate surface area is 364 Å². The van der Waals surface area contributed by atoms with E-state index in [1.165, 1.54) is 83.5 Å². The van der Waals surface area contributed by atoms with Crippen LogP contribution >= 0.6 is 0 Å². The lowest BCUT2D eigenvalue weighted by Crippen LogP contribution is -2.59. The lowest BCUT2D eigenvalue weighted by atomic mass is 9.91. The van der Waals surface area contributed by atoms with Gasteiger partial charge in [0.25, 0.3) is 0 Å². The molecular formula is C46H90N2O11S. The van der Waals surface area contributed by atoms with E-state index in [1.54, 1.807) is 6.26 Å². The molecule has 0 radical (unpaired) electrons. The Kier molecular flexibility index (Phi) is 28.5. The minimum atomic E-state index is -2.78. The third kappa shape index (κ3) is 24.2. The fraction of sp³-hybridized carbons (Fsp3) is 0.978. The molecule has 0 spiro atoms. The molecule has 2 fully saturated rings. The van der Waals surface area contributed by atoms with E-state index < -0.39 is 70.9 Å². The molecule has 0 aromatic heterocycles. The first-order chi connectivity index (χ1) is 28.6. The molecular weight excluding hydrogens is 789 g/mol. The van der Waals surface area contributed by atoms with Crippen LogP contribution in [0.3, 0.4) is 0 Å². The Morgan fingerprint density at radius 2 is 1.30 bits per heavy atom. The Hall–Kier alpha value is -0.940. The molecule has 13 nitrogen and oxygen atoms in total. The number of aliphatic hydroxyl groups is 6. The molecule has 0 aromatic carbocycles. The van der Waals surface area contributed by atoms with Crippen molar-refractivity contribution >= 4 is 15.7 Å². The maximum absolute atomic E-state index is 13.7. The van der Waals surface area contributed by atoms with E-state index in [0.717, 1.165) is 76.8 Å². The molecule has 0 bridgehead atoms. The molecule has 60 heavy (non-hydrogen) atoms. The molecule has 2 heterocycles. The number of ether oxygens (including phenoxy) is 3. The lowest BCUT2D eigenvalue weighted by molar-refractivity contribution is -0.302. The van der Waals surface area contributed by atoms with Crippen LogP contribution in [0.1, 0.15) is 182 Å². The monoisotopic (exact) mass is 879 g/mol. The molecule has 6 N–H and O–H groups in total. The summed E-state index contributed by atoms with van der Waals surface area (Å²) in [6.07, 6.45) is 18.4. The third-order valence-electron chi connectivity index (χ3n) is 12.1. The number of piperidine rings is 1. The lowest BCUT2D eigenvalue weighted by Gasteiger charge is -2.40. The highest BCUT2D eigenvalue weighted by molar-refractivity contribution is 7.92. The number of nitrogens with zero attached hydrogens (tertiary/aromatic N) is 2. The van der Waals surface area contributed by atoms with Crippen LogP contribution in [0.5, 0.6) is 0 Å². The van der Waals surface area contributed by atoms with E-state index in [4.69, 9.17) is 14.2 Å². The molecule has 9 atom stereocenters. The minimum Gasteiger partial charge on any atom is -0.459 e. The van der Waals surface area contributed by atoms with E-state index in [-0.39, 0.29) is 12.6 Å². The smallest absolute Gasteiger partial charge is 0.320 e. The van der Waals surface area contributed by atoms with Crippen molar-refractivity contribution in [1.82, 2.24) is 4.90 Å². The number of unbranched alkanes of at least 4 members (excludes halogenated alkanes) is 18. The van der Waals surface area contributed by atoms with Crippen molar-refractivity contribution in [2.24, 2.45) is 10.3 Å². The quantitative estimate of drug-likeness (QED) is 0.0304. The molecule has 0 aliphatic carbocycles. The van der Waals surface area contributed by atoms with Crippen molar-refractivity contribution in [2.75, 3.05) is 44.9 Å². The number of aliphatic hydroxyl groups excluding tert-OH is 6. The second kappa shape index (κ2) is 31.0. The summed E-state index contributed by atoms with van der Waals surface area (Å²) in [6, 6.07) is -1.09. The zero-order valence-corrected chi connectivity index (χ0v) is 39.3. The van der Waals surface area contributed by atoms with Gasteiger partial charge in [0.05, 0.1) is 25.9 Å². The second-order valence-corrected chi connectivity index (χ2v) is 21.6. The SMILES string of the molecule is CCCCCCCCCCCCCC[C@@H](O)[C@@H](O)[C@H](COC1OC(CO)C(O)C(O)C1O)N=S(C)(=O)CCCCCCCCCCC1CCN(CC(=O)OC(C)(C)C)CC1. The number of rotatable bonds is 33. The number of hydrogen-bond donors (Lipinski definition) is 6. The highest BCUT2D eigenvalue weighted by Gasteiger charge is 2.44. The van der Waals surface area contributed by atoms with Gasteiger partial charge in [0, 0.05) is 21.7 Å². The van der Waals surface area contributed by atoms with Gasteiger partial charge >= 0.3 is 5.97 Å². The van der Waals surface area contributed by atoms with Crippen LogP contribution in [-0.4, -0.2) is 145 Å². The normalized spacial score (nSPS) is 24.5. The summed E-state index contributed by atoms with van der Waals surface area (Å²) in [6.45, 7) is 9.27. The highest BCUT2D eigenvalue weighted by Crippen LogP contribution is 2.26. The van der Waals surface area contributed by atoms with Gasteiger partial charge < -0.3 is 44.8 Å². The first kappa shape index (κ1) is 55.2. The molecule has 2 aliphatic rings. The number of esters is 1. The van der Waals surface area contributed by atoms with Crippen LogP contribution in [-0.2, 0) is 28.7 Å². The fourth-order valence-electron chi connectivity index (χ4n) is 8.40. The zero-order valence-electron chi connectivity index (χ0n) is 38.4. The van der Waals surface area contributed by atoms with Gasteiger partial charge in [0.1, 0.15) is 42.2 Å². The van der Waals surface area contributed by atoms with Gasteiger partial charge in [0.15, 0.2) is 6.29 Å². The van der Waals surface area contributed by atoms with E-state index in [9.17, 15) is 39.6 Å². The van der Waals surface area contributed by atoms with Gasteiger partial charge in [-0.15, -0.1) is 0 Å². The van der Waals surface area contributed by atoms with Gasteiger partial charge in [-0.1, -0.05) is 135 Å². The van der Waals surface area contributed by atoms with E-state index >= 15 is 0 Å². The molecule has 6 unspecified atom stereocenters. The van der Waals surface area contributed by atoms with Gasteiger partial charge in [-0.25, -0.2) is 4.36 Å². The summed E-state index contributed by atoms with van der Waals surface area (Å²) >= 11 is 0. The predicted molar refractivity (Wildman–Crippen MR) is 239 cm³/mol. The number of hydrogen-bond acceptors (Lipinski definition) is 13. The molecule has 2 rings (SSSR count). The van der Waals surface area contributed by atoms with Crippen molar-refractivity contribution < 1.29 is 53.9 Å². The molecule has 2 saturated heterocycles. The first-order valence-corrected chi connectivity index (χ1v) is 26.1. The average Bonchev–Trinajstić information content (AvgIpc) is 3.19. The van der Waals surface area contributed by atoms with Gasteiger partial charge in [-0.2, -0.15) is 0 Å². The fourth-order valence-corrected chi connectivity index (χ4v) is 10.0. The van der Waals surface area contributed by atoms with Crippen molar-refractivity contribution in [2.45, 2.75) is 236 Å². The van der Waals surface area contributed by atoms with Crippen molar-refractivity contribution in [3.8, 4) is 0 Å². The maximum atomic E-state index is 13.7. The van der Waals surface area contributed by atoms with Crippen LogP contribution in [0, 0.1) is 5.92 Å². The van der Waals surface area contributed by atoms with Crippen molar-refractivity contribution in [1.29, 1.82) is 0 Å². The Morgan fingerprint density at radius 1 is 0.783 bits per heavy atom. The third-order valence-corrected chi connectivity index (χ3v) is 13.9. The van der Waals surface area contributed by atoms with Crippen LogP contribution < -0.4 is 0 Å². The van der Waals surface area contributed by atoms with Crippen molar-refractivity contribution in [3.05, 3.63) is 0 Å². The van der Waals surface area contributed by atoms with Crippen LogP contribution in [0.4, 0.5) is 0 Å². The number of likely N-dealkylation sites (tertiary alicyclic amines) is 1. The summed E-state index contributed by atoms with van der Waals surface area (Å²) in [5.74, 6) is 0.927. The standard InChI is InChI=1S/C46H90N2O11S/c1-6-7-8-9-10-11-12-13-14-18-21-24-27-38(50)41(52)37(35-57-45-44(55)43(54)42(53)39(34-49)58-45)47-60(5,56)32-25-22-19-16-15-17-20-23-26-36-28-30-48(31-29-36)33-40(51)59-46(2,3)4/h36-39,41-45,49-50,52-55H,6-35H2,1-5H3/t37-,38+,39?,41-,42?,43?,44?,45?,60?/m0/s1. The molecule has 0 aromatic rings. The van der Waals surface area contributed by atoms with Gasteiger partial charge in [-0.3, -0.25) is 13.9 Å². The predicted octanol–water partition coefficient (Wildman–Crippen LogP) is 6.65. The topological polar surface area (TPSA) is 199 Å². The summed E-state index contributed by atoms with van der Waals surface area (Å²) in [5.41, 5.74) is -0.444. The molecule has 0 saturated carbocycles. The molecule has 0 amide bonds. The average molecular weight is 879 g/mol. The minimum absolute atomic E-state index is 0.141. The second-order valence-electron chi connectivity index (χ2n) is 19.0. The van der Waals surface area contributed by atoms with E-state index in [0.29, 0.717) is 25.1 Å². The van der Waals surface area contributed by atoms with Gasteiger partial charge in [0.2, 0.25) is 0 Å². The highest BCUT2D eigenvalue weighted by atomic mass is 32.2. The summed E-state index contributed by atoms with van der Waals surface area (Å²) in [4.78, 5) is 14.4. The van der Waals surface area contributed by atoms with Crippen molar-refractivity contribution in [3.63, 3.8) is 0 Å². The Balaban J connectivity index is 1.74. The Bertz CT molecular complexity index is 1220. The van der Waals surface area contributed by atoms with Crippen LogP contribution in [0.25, 0.3) is 0 Å². The summed E-state index contributed by atoms with van der Waals surface area (Å²) < 4.78 is 35.0. The van der Waals surface area contributed by atoms with Crippen LogP contribution in [0.2, 0.25) is 0 Å². The summed E-state index contributed by atoms with van der Waals surface area (Å²) in [5, 5.41) is 62.8. The van der Waals surface area contributed by atoms with E-state index in [2.05, 4.69) is 16.2 Å². The molecule has 14 heteroatoms. The zero-order chi connectivity index (χ0) is 44.4. The summed E-state index contributed by atoms with van der Waals surface area (Å²) in [7, 11) is -2.78. The number of carbonyl (C=O) groups is 1.